The predicted octanol–water partition coefficient (Wildman–Crippen LogP) is 1.61. The van der Waals surface area contributed by atoms with E-state index in [-0.39, 0.29) is 22.5 Å². The highest BCUT2D eigenvalue weighted by molar-refractivity contribution is 7.89. The van der Waals surface area contributed by atoms with Crippen LogP contribution in [0.2, 0.25) is 0 Å². The number of amides is 1. The molecule has 1 aromatic rings. The number of hydrogen-bond donors (Lipinski definition) is 1. The highest BCUT2D eigenvalue weighted by atomic mass is 32.2. The number of likely N-dealkylation sites (tertiary alicyclic amines) is 1. The molecule has 0 radical (unpaired) electrons. The lowest BCUT2D eigenvalue weighted by atomic mass is 10.0. The van der Waals surface area contributed by atoms with Crippen LogP contribution in [0.5, 0.6) is 0 Å². The van der Waals surface area contributed by atoms with Crippen LogP contribution >= 0.6 is 0 Å². The summed E-state index contributed by atoms with van der Waals surface area (Å²) in [6.07, 6.45) is 2.39. The number of rotatable bonds is 6. The van der Waals surface area contributed by atoms with Crippen molar-refractivity contribution < 1.29 is 17.7 Å². The van der Waals surface area contributed by atoms with Crippen LogP contribution in [0.4, 0.5) is 0 Å². The normalized spacial score (nSPS) is 17.0. The van der Waals surface area contributed by atoms with Gasteiger partial charge in [0.05, 0.1) is 0 Å². The molecule has 1 amide bonds. The maximum Gasteiger partial charge on any atom is 0.246 e. The molecule has 0 aliphatic carbocycles. The van der Waals surface area contributed by atoms with Crippen LogP contribution in [0, 0.1) is 19.8 Å². The molecule has 0 bridgehead atoms. The molecule has 2 rings (SSSR count). The van der Waals surface area contributed by atoms with Gasteiger partial charge < -0.3 is 9.42 Å². The van der Waals surface area contributed by atoms with Crippen molar-refractivity contribution in [1.82, 2.24) is 14.8 Å². The summed E-state index contributed by atoms with van der Waals surface area (Å²) in [6, 6.07) is -0.758. The first-order valence-corrected chi connectivity index (χ1v) is 9.44. The summed E-state index contributed by atoms with van der Waals surface area (Å²) in [4.78, 5) is 14.4. The molecule has 0 unspecified atom stereocenters. The standard InChI is InChI=1S/C15H25N3O4S/c1-10(2)9-13(15(19)18-7-5-6-8-18)17-23(20,21)14-11(3)16-22-12(14)4/h10,13,17H,5-9H2,1-4H3/t13-/m1/s1. The molecule has 8 heteroatoms. The number of sulfonamides is 1. The molecule has 0 saturated carbocycles. The van der Waals surface area contributed by atoms with E-state index in [1.54, 1.807) is 18.7 Å². The third-order valence-corrected chi connectivity index (χ3v) is 5.67. The molecule has 1 aliphatic heterocycles. The summed E-state index contributed by atoms with van der Waals surface area (Å²) in [5.41, 5.74) is 0.298. The second-order valence-corrected chi connectivity index (χ2v) is 8.14. The Morgan fingerprint density at radius 3 is 2.39 bits per heavy atom. The van der Waals surface area contributed by atoms with Crippen molar-refractivity contribution in [3.63, 3.8) is 0 Å². The maximum atomic E-state index is 12.7. The molecule has 7 nitrogen and oxygen atoms in total. The minimum Gasteiger partial charge on any atom is -0.360 e. The zero-order valence-corrected chi connectivity index (χ0v) is 14.9. The van der Waals surface area contributed by atoms with Gasteiger partial charge in [0, 0.05) is 13.1 Å². The monoisotopic (exact) mass is 343 g/mol. The summed E-state index contributed by atoms with van der Waals surface area (Å²) in [5.74, 6) is 0.275. The fraction of sp³-hybridized carbons (Fsp3) is 0.733. The number of aryl methyl sites for hydroxylation is 2. The lowest BCUT2D eigenvalue weighted by molar-refractivity contribution is -0.132. The topological polar surface area (TPSA) is 92.5 Å². The van der Waals surface area contributed by atoms with Crippen LogP contribution in [0.25, 0.3) is 0 Å². The summed E-state index contributed by atoms with van der Waals surface area (Å²) in [7, 11) is -3.85. The molecule has 1 aromatic heterocycles. The van der Waals surface area contributed by atoms with E-state index in [4.69, 9.17) is 4.52 Å². The van der Waals surface area contributed by atoms with Gasteiger partial charge in [-0.25, -0.2) is 8.42 Å². The van der Waals surface area contributed by atoms with Crippen molar-refractivity contribution in [1.29, 1.82) is 0 Å². The van der Waals surface area contributed by atoms with Crippen LogP contribution in [0.1, 0.15) is 44.6 Å². The highest BCUT2D eigenvalue weighted by Crippen LogP contribution is 2.21. The van der Waals surface area contributed by atoms with E-state index in [0.29, 0.717) is 25.2 Å². The third-order valence-electron chi connectivity index (χ3n) is 3.96. The van der Waals surface area contributed by atoms with Gasteiger partial charge in [-0.1, -0.05) is 19.0 Å². The third kappa shape index (κ3) is 4.11. The van der Waals surface area contributed by atoms with E-state index in [0.717, 1.165) is 12.8 Å². The number of carbonyl (C=O) groups excluding carboxylic acids is 1. The average molecular weight is 343 g/mol. The number of hydrogen-bond acceptors (Lipinski definition) is 5. The number of nitrogens with one attached hydrogen (secondary N) is 1. The molecule has 0 spiro atoms. The van der Waals surface area contributed by atoms with Crippen LogP contribution in [0.15, 0.2) is 9.42 Å². The van der Waals surface area contributed by atoms with Crippen LogP contribution < -0.4 is 4.72 Å². The van der Waals surface area contributed by atoms with E-state index < -0.39 is 16.1 Å². The van der Waals surface area contributed by atoms with Gasteiger partial charge >= 0.3 is 0 Å². The lowest BCUT2D eigenvalue weighted by Gasteiger charge is -2.25. The van der Waals surface area contributed by atoms with Gasteiger partial charge in [0.2, 0.25) is 15.9 Å². The van der Waals surface area contributed by atoms with Gasteiger partial charge in [-0.2, -0.15) is 4.72 Å². The summed E-state index contributed by atoms with van der Waals surface area (Å²) in [5, 5.41) is 3.68. The highest BCUT2D eigenvalue weighted by Gasteiger charge is 2.33. The molecule has 1 saturated heterocycles. The Hall–Kier alpha value is -1.41. The van der Waals surface area contributed by atoms with Crippen molar-refractivity contribution >= 4 is 15.9 Å². The Morgan fingerprint density at radius 2 is 1.91 bits per heavy atom. The fourth-order valence-electron chi connectivity index (χ4n) is 2.93. The molecule has 0 aromatic carbocycles. The van der Waals surface area contributed by atoms with Gasteiger partial charge in [0.25, 0.3) is 0 Å². The molecule has 1 atom stereocenters. The average Bonchev–Trinajstić information content (AvgIpc) is 3.06. The van der Waals surface area contributed by atoms with E-state index in [9.17, 15) is 13.2 Å². The summed E-state index contributed by atoms with van der Waals surface area (Å²) < 4.78 is 32.8. The molecular weight excluding hydrogens is 318 g/mol. The Labute approximate surface area is 137 Å². The second kappa shape index (κ2) is 7.00. The minimum absolute atomic E-state index is 0.0282. The number of carbonyl (C=O) groups is 1. The maximum absolute atomic E-state index is 12.7. The molecule has 2 heterocycles. The Bertz CT molecular complexity index is 641. The van der Waals surface area contributed by atoms with E-state index in [1.807, 2.05) is 13.8 Å². The molecule has 23 heavy (non-hydrogen) atoms. The van der Waals surface area contributed by atoms with Crippen LogP contribution in [0.3, 0.4) is 0 Å². The molecular formula is C15H25N3O4S. The smallest absolute Gasteiger partial charge is 0.246 e. The summed E-state index contributed by atoms with van der Waals surface area (Å²) >= 11 is 0. The van der Waals surface area contributed by atoms with Crippen molar-refractivity contribution in [3.05, 3.63) is 11.5 Å². The number of aromatic nitrogens is 1. The minimum atomic E-state index is -3.85. The Morgan fingerprint density at radius 1 is 1.30 bits per heavy atom. The van der Waals surface area contributed by atoms with Gasteiger partial charge in [0.1, 0.15) is 16.6 Å². The predicted molar refractivity (Wildman–Crippen MR) is 85.4 cm³/mol. The van der Waals surface area contributed by atoms with Crippen molar-refractivity contribution in [2.45, 2.75) is 57.9 Å². The SMILES string of the molecule is Cc1noc(C)c1S(=O)(=O)N[C@H](CC(C)C)C(=O)N1CCCC1. The second-order valence-electron chi connectivity index (χ2n) is 6.49. The van der Waals surface area contributed by atoms with Gasteiger partial charge in [-0.15, -0.1) is 0 Å². The first-order chi connectivity index (χ1) is 10.7. The largest absolute Gasteiger partial charge is 0.360 e. The first-order valence-electron chi connectivity index (χ1n) is 7.96. The van der Waals surface area contributed by atoms with E-state index >= 15 is 0 Å². The molecule has 130 valence electrons. The van der Waals surface area contributed by atoms with Gasteiger partial charge in [0.15, 0.2) is 5.76 Å². The van der Waals surface area contributed by atoms with Crippen molar-refractivity contribution in [2.24, 2.45) is 5.92 Å². The molecule has 1 aliphatic rings. The zero-order chi connectivity index (χ0) is 17.2. The fourth-order valence-corrected chi connectivity index (χ4v) is 4.46. The lowest BCUT2D eigenvalue weighted by Crippen LogP contribution is -2.48. The van der Waals surface area contributed by atoms with E-state index in [2.05, 4.69) is 9.88 Å². The quantitative estimate of drug-likeness (QED) is 0.847. The van der Waals surface area contributed by atoms with Crippen molar-refractivity contribution in [3.8, 4) is 0 Å². The van der Waals surface area contributed by atoms with Gasteiger partial charge in [-0.3, -0.25) is 4.79 Å². The molecule has 1 fully saturated rings. The zero-order valence-electron chi connectivity index (χ0n) is 14.1. The van der Waals surface area contributed by atoms with E-state index in [1.165, 1.54) is 0 Å². The first kappa shape index (κ1) is 17.9. The van der Waals surface area contributed by atoms with Crippen LogP contribution in [-0.2, 0) is 14.8 Å². The van der Waals surface area contributed by atoms with Gasteiger partial charge in [-0.05, 0) is 39.0 Å². The summed E-state index contributed by atoms with van der Waals surface area (Å²) in [6.45, 7) is 8.45. The number of nitrogens with zero attached hydrogens (tertiary/aromatic N) is 2. The van der Waals surface area contributed by atoms with Crippen molar-refractivity contribution in [2.75, 3.05) is 13.1 Å². The molecule has 1 N–H and O–H groups in total. The Kier molecular flexibility index (Phi) is 5.46. The Balaban J connectivity index is 2.24. The van der Waals surface area contributed by atoms with Crippen LogP contribution in [-0.4, -0.2) is 43.5 Å².